The molecule has 1 saturated heterocycles. The van der Waals surface area contributed by atoms with Gasteiger partial charge < -0.3 is 14.0 Å². The molecule has 2 aromatic rings. The number of rotatable bonds is 3. The fraction of sp³-hybridized carbons (Fsp3) is 0.400. The van der Waals surface area contributed by atoms with Crippen LogP contribution in [0.1, 0.15) is 5.89 Å². The molecule has 6 heteroatoms. The molecule has 0 atom stereocenters. The Hall–Kier alpha value is -1.66. The lowest BCUT2D eigenvalue weighted by Gasteiger charge is -2.34. The van der Waals surface area contributed by atoms with Crippen LogP contribution in [0, 0.1) is 0 Å². The van der Waals surface area contributed by atoms with Gasteiger partial charge in [-0.2, -0.15) is 4.98 Å². The van der Waals surface area contributed by atoms with E-state index in [1.807, 2.05) is 4.90 Å². The van der Waals surface area contributed by atoms with Gasteiger partial charge >= 0.3 is 0 Å². The van der Waals surface area contributed by atoms with E-state index in [1.54, 1.807) is 18.4 Å². The lowest BCUT2D eigenvalue weighted by Crippen LogP contribution is -2.49. The number of nitrogens with zero attached hydrogens (tertiary/aromatic N) is 3. The predicted molar refractivity (Wildman–Crippen MR) is 53.3 cm³/mol. The summed E-state index contributed by atoms with van der Waals surface area (Å²) in [5.74, 6) is 1.60. The number of hydrogen-bond acceptors (Lipinski definition) is 6. The van der Waals surface area contributed by atoms with Crippen molar-refractivity contribution in [3.63, 3.8) is 0 Å². The van der Waals surface area contributed by atoms with E-state index in [2.05, 4.69) is 10.1 Å². The van der Waals surface area contributed by atoms with Crippen molar-refractivity contribution in [1.82, 2.24) is 15.0 Å². The summed E-state index contributed by atoms with van der Waals surface area (Å²) in [4.78, 5) is 6.24. The summed E-state index contributed by atoms with van der Waals surface area (Å²) in [6, 6.07) is 3.55. The van der Waals surface area contributed by atoms with E-state index in [0.717, 1.165) is 0 Å². The van der Waals surface area contributed by atoms with Crippen LogP contribution in [0.2, 0.25) is 0 Å². The summed E-state index contributed by atoms with van der Waals surface area (Å²) in [6.07, 6.45) is 1.35. The molecule has 0 bridgehead atoms. The molecule has 0 radical (unpaired) electrons. The first-order valence-corrected chi connectivity index (χ1v) is 5.08. The smallest absolute Gasteiger partial charge is 0.241 e. The molecule has 3 heterocycles. The van der Waals surface area contributed by atoms with Crippen LogP contribution < -0.4 is 0 Å². The third-order valence-electron chi connectivity index (χ3n) is 2.51. The minimum Gasteiger partial charge on any atom is -0.461 e. The Kier molecular flexibility index (Phi) is 2.23. The van der Waals surface area contributed by atoms with Crippen molar-refractivity contribution >= 4 is 0 Å². The molecule has 1 fully saturated rings. The lowest BCUT2D eigenvalue weighted by atomic mass is 10.2. The lowest BCUT2D eigenvalue weighted by molar-refractivity contribution is -0.00806. The molecule has 0 unspecified atom stereocenters. The van der Waals surface area contributed by atoms with Crippen LogP contribution >= 0.6 is 0 Å². The van der Waals surface area contributed by atoms with Crippen molar-refractivity contribution < 1.29 is 14.0 Å². The number of furan rings is 1. The second-order valence-electron chi connectivity index (χ2n) is 3.84. The highest BCUT2D eigenvalue weighted by molar-refractivity contribution is 5.44. The van der Waals surface area contributed by atoms with Gasteiger partial charge in [0, 0.05) is 13.1 Å². The van der Waals surface area contributed by atoms with Gasteiger partial charge in [0.25, 0.3) is 0 Å². The van der Waals surface area contributed by atoms with Crippen LogP contribution in [0.5, 0.6) is 0 Å². The Balaban J connectivity index is 1.69. The molecule has 1 aliphatic heterocycles. The summed E-state index contributed by atoms with van der Waals surface area (Å²) in [6.45, 7) is 1.90. The van der Waals surface area contributed by atoms with E-state index < -0.39 is 0 Å². The molecule has 1 aliphatic rings. The third kappa shape index (κ3) is 1.72. The minimum atomic E-state index is -0.215. The van der Waals surface area contributed by atoms with E-state index >= 15 is 0 Å². The number of aliphatic hydroxyl groups excluding tert-OH is 1. The molecule has 84 valence electrons. The third-order valence-corrected chi connectivity index (χ3v) is 2.51. The fourth-order valence-corrected chi connectivity index (χ4v) is 1.69. The maximum Gasteiger partial charge on any atom is 0.241 e. The first-order chi connectivity index (χ1) is 7.81. The first kappa shape index (κ1) is 9.56. The Morgan fingerprint density at radius 1 is 1.50 bits per heavy atom. The van der Waals surface area contributed by atoms with E-state index in [-0.39, 0.29) is 6.10 Å². The van der Waals surface area contributed by atoms with Crippen molar-refractivity contribution in [2.45, 2.75) is 12.6 Å². The molecule has 0 saturated carbocycles. The number of aromatic nitrogens is 2. The average molecular weight is 221 g/mol. The van der Waals surface area contributed by atoms with Gasteiger partial charge in [0.1, 0.15) is 0 Å². The van der Waals surface area contributed by atoms with Gasteiger partial charge in [0.15, 0.2) is 5.76 Å². The quantitative estimate of drug-likeness (QED) is 0.813. The molecule has 6 nitrogen and oxygen atoms in total. The molecular weight excluding hydrogens is 210 g/mol. The number of β-amino-alcohol motifs (C(OH)–C–C–N with tert-alkyl or cyclic N) is 1. The molecular formula is C10H11N3O3. The topological polar surface area (TPSA) is 75.5 Å². The highest BCUT2D eigenvalue weighted by atomic mass is 16.5. The van der Waals surface area contributed by atoms with Crippen LogP contribution in [0.15, 0.2) is 27.3 Å². The molecule has 1 N–H and O–H groups in total. The van der Waals surface area contributed by atoms with E-state index in [4.69, 9.17) is 14.0 Å². The Labute approximate surface area is 91.5 Å². The Morgan fingerprint density at radius 3 is 3.06 bits per heavy atom. The summed E-state index contributed by atoms with van der Waals surface area (Å²) in [5.41, 5.74) is 0. The van der Waals surface area contributed by atoms with Crippen LogP contribution in [0.3, 0.4) is 0 Å². The zero-order valence-corrected chi connectivity index (χ0v) is 8.54. The Bertz CT molecular complexity index is 459. The van der Waals surface area contributed by atoms with Gasteiger partial charge in [0.05, 0.1) is 18.9 Å². The monoisotopic (exact) mass is 221 g/mol. The summed E-state index contributed by atoms with van der Waals surface area (Å²) in [7, 11) is 0. The Morgan fingerprint density at radius 2 is 2.38 bits per heavy atom. The predicted octanol–water partition coefficient (Wildman–Crippen LogP) is 0.506. The normalized spacial score (nSPS) is 17.6. The molecule has 16 heavy (non-hydrogen) atoms. The van der Waals surface area contributed by atoms with E-state index in [0.29, 0.717) is 37.1 Å². The molecule has 0 aromatic carbocycles. The SMILES string of the molecule is OC1CN(Cc2nc(-c3ccco3)no2)C1. The van der Waals surface area contributed by atoms with Crippen molar-refractivity contribution in [1.29, 1.82) is 0 Å². The maximum absolute atomic E-state index is 9.13. The molecule has 0 spiro atoms. The van der Waals surface area contributed by atoms with Crippen molar-refractivity contribution in [2.24, 2.45) is 0 Å². The molecule has 0 amide bonds. The van der Waals surface area contributed by atoms with Crippen molar-refractivity contribution in [3.05, 3.63) is 24.3 Å². The van der Waals surface area contributed by atoms with Crippen LogP contribution in [0.25, 0.3) is 11.6 Å². The second kappa shape index (κ2) is 3.73. The van der Waals surface area contributed by atoms with Gasteiger partial charge in [-0.1, -0.05) is 5.16 Å². The molecule has 0 aliphatic carbocycles. The van der Waals surface area contributed by atoms with Gasteiger partial charge in [-0.05, 0) is 12.1 Å². The van der Waals surface area contributed by atoms with Crippen LogP contribution in [0.4, 0.5) is 0 Å². The standard InChI is InChI=1S/C10H11N3O3/c14-7-4-13(5-7)6-9-11-10(12-16-9)8-2-1-3-15-8/h1-3,7,14H,4-6H2. The largest absolute Gasteiger partial charge is 0.461 e. The molecule has 3 rings (SSSR count). The van der Waals surface area contributed by atoms with Gasteiger partial charge in [0.2, 0.25) is 11.7 Å². The number of aliphatic hydroxyl groups is 1. The second-order valence-corrected chi connectivity index (χ2v) is 3.84. The highest BCUT2D eigenvalue weighted by Crippen LogP contribution is 2.17. The highest BCUT2D eigenvalue weighted by Gasteiger charge is 2.26. The zero-order valence-electron chi connectivity index (χ0n) is 8.54. The fourth-order valence-electron chi connectivity index (χ4n) is 1.69. The number of likely N-dealkylation sites (tertiary alicyclic amines) is 1. The van der Waals surface area contributed by atoms with E-state index in [9.17, 15) is 0 Å². The number of hydrogen-bond donors (Lipinski definition) is 1. The van der Waals surface area contributed by atoms with Crippen molar-refractivity contribution in [3.8, 4) is 11.6 Å². The average Bonchev–Trinajstić information content (AvgIpc) is 2.84. The summed E-state index contributed by atoms with van der Waals surface area (Å²) < 4.78 is 10.2. The van der Waals surface area contributed by atoms with Crippen LogP contribution in [-0.4, -0.2) is 39.3 Å². The van der Waals surface area contributed by atoms with Gasteiger partial charge in [-0.3, -0.25) is 4.90 Å². The summed E-state index contributed by atoms with van der Waals surface area (Å²) >= 11 is 0. The van der Waals surface area contributed by atoms with Gasteiger partial charge in [-0.15, -0.1) is 0 Å². The zero-order chi connectivity index (χ0) is 11.0. The van der Waals surface area contributed by atoms with Crippen molar-refractivity contribution in [2.75, 3.05) is 13.1 Å². The molecule has 2 aromatic heterocycles. The maximum atomic E-state index is 9.13. The van der Waals surface area contributed by atoms with Crippen LogP contribution in [-0.2, 0) is 6.54 Å². The minimum absolute atomic E-state index is 0.215. The van der Waals surface area contributed by atoms with E-state index in [1.165, 1.54) is 0 Å². The summed E-state index contributed by atoms with van der Waals surface area (Å²) in [5, 5.41) is 12.9. The first-order valence-electron chi connectivity index (χ1n) is 5.08. The van der Waals surface area contributed by atoms with Gasteiger partial charge in [-0.25, -0.2) is 0 Å².